The number of para-hydroxylation sites is 1. The lowest BCUT2D eigenvalue weighted by atomic mass is 10.1. The van der Waals surface area contributed by atoms with E-state index in [1.165, 1.54) is 0 Å². The lowest BCUT2D eigenvalue weighted by Crippen LogP contribution is -2.26. The van der Waals surface area contributed by atoms with Crippen LogP contribution in [0.1, 0.15) is 38.1 Å². The number of carbonyl (C=O) groups excluding carboxylic acids is 1. The molecule has 0 fully saturated rings. The molecule has 0 aliphatic heterocycles. The molecule has 0 atom stereocenters. The fourth-order valence-corrected chi connectivity index (χ4v) is 3.93. The third kappa shape index (κ3) is 4.53. The summed E-state index contributed by atoms with van der Waals surface area (Å²) in [5, 5.41) is 12.8. The van der Waals surface area contributed by atoms with Gasteiger partial charge >= 0.3 is 0 Å². The van der Waals surface area contributed by atoms with Gasteiger partial charge in [0.05, 0.1) is 17.4 Å². The van der Waals surface area contributed by atoms with Gasteiger partial charge in [-0.15, -0.1) is 10.2 Å². The number of hydrogen-bond donors (Lipinski definition) is 1. The standard InChI is InChI=1S/C24H26ClN5O2/c1-16(2)13-14-26-22(31)12-11-21-27-28-24-29(15-17-7-3-5-9-19(17)25)23(32)18-8-4-6-10-20(18)30(21)24/h3-10,16H,11-15H2,1-2H3,(H,26,31). The van der Waals surface area contributed by atoms with E-state index in [0.717, 1.165) is 17.5 Å². The summed E-state index contributed by atoms with van der Waals surface area (Å²) >= 11 is 6.34. The summed E-state index contributed by atoms with van der Waals surface area (Å²) in [5.41, 5.74) is 1.39. The molecule has 32 heavy (non-hydrogen) atoms. The van der Waals surface area contributed by atoms with Crippen LogP contribution in [0.15, 0.2) is 53.3 Å². The van der Waals surface area contributed by atoms with Crippen molar-refractivity contribution in [3.63, 3.8) is 0 Å². The van der Waals surface area contributed by atoms with Crippen molar-refractivity contribution in [1.82, 2.24) is 24.5 Å². The highest BCUT2D eigenvalue weighted by molar-refractivity contribution is 6.31. The molecule has 7 nitrogen and oxygen atoms in total. The zero-order chi connectivity index (χ0) is 22.7. The number of fused-ring (bicyclic) bond motifs is 3. The lowest BCUT2D eigenvalue weighted by molar-refractivity contribution is -0.121. The summed E-state index contributed by atoms with van der Waals surface area (Å²) in [6, 6.07) is 14.8. The maximum absolute atomic E-state index is 13.3. The minimum absolute atomic E-state index is 0.0175. The van der Waals surface area contributed by atoms with Gasteiger partial charge in [0, 0.05) is 24.4 Å². The van der Waals surface area contributed by atoms with E-state index in [0.29, 0.717) is 47.3 Å². The Hall–Kier alpha value is -3.19. The fraction of sp³-hybridized carbons (Fsp3) is 0.333. The zero-order valence-electron chi connectivity index (χ0n) is 18.2. The Morgan fingerprint density at radius 2 is 1.84 bits per heavy atom. The van der Waals surface area contributed by atoms with Crippen LogP contribution in [0, 0.1) is 5.92 Å². The van der Waals surface area contributed by atoms with Crippen LogP contribution >= 0.6 is 11.6 Å². The van der Waals surface area contributed by atoms with Crippen LogP contribution in [-0.2, 0) is 17.8 Å². The molecule has 0 radical (unpaired) electrons. The first-order valence-electron chi connectivity index (χ1n) is 10.8. The van der Waals surface area contributed by atoms with Crippen molar-refractivity contribution >= 4 is 34.2 Å². The normalized spacial score (nSPS) is 11.5. The minimum Gasteiger partial charge on any atom is -0.356 e. The molecule has 0 aliphatic carbocycles. The van der Waals surface area contributed by atoms with E-state index >= 15 is 0 Å². The van der Waals surface area contributed by atoms with Gasteiger partial charge in [0.15, 0.2) is 0 Å². The molecule has 1 N–H and O–H groups in total. The highest BCUT2D eigenvalue weighted by Crippen LogP contribution is 2.19. The number of benzene rings is 2. The van der Waals surface area contributed by atoms with Crippen molar-refractivity contribution < 1.29 is 4.79 Å². The molecule has 8 heteroatoms. The van der Waals surface area contributed by atoms with Crippen LogP contribution < -0.4 is 10.9 Å². The van der Waals surface area contributed by atoms with Gasteiger partial charge in [-0.25, -0.2) is 0 Å². The summed E-state index contributed by atoms with van der Waals surface area (Å²) < 4.78 is 3.46. The maximum Gasteiger partial charge on any atom is 0.263 e. The van der Waals surface area contributed by atoms with Crippen LogP contribution in [-0.4, -0.2) is 31.6 Å². The van der Waals surface area contributed by atoms with Crippen molar-refractivity contribution in [2.24, 2.45) is 5.92 Å². The average molecular weight is 452 g/mol. The number of rotatable bonds is 8. The molecule has 2 aromatic carbocycles. The van der Waals surface area contributed by atoms with E-state index in [2.05, 4.69) is 29.4 Å². The number of carbonyl (C=O) groups is 1. The van der Waals surface area contributed by atoms with E-state index in [-0.39, 0.29) is 18.0 Å². The van der Waals surface area contributed by atoms with E-state index in [1.54, 1.807) is 16.7 Å². The van der Waals surface area contributed by atoms with Gasteiger partial charge in [-0.1, -0.05) is 55.8 Å². The van der Waals surface area contributed by atoms with E-state index < -0.39 is 0 Å². The number of hydrogen-bond acceptors (Lipinski definition) is 4. The van der Waals surface area contributed by atoms with Gasteiger partial charge in [-0.05, 0) is 36.1 Å². The molecular formula is C24H26ClN5O2. The number of nitrogens with one attached hydrogen (secondary N) is 1. The third-order valence-electron chi connectivity index (χ3n) is 5.48. The SMILES string of the molecule is CC(C)CCNC(=O)CCc1nnc2n(Cc3ccccc3Cl)c(=O)c3ccccc3n12. The fourth-order valence-electron chi connectivity index (χ4n) is 3.73. The molecule has 4 aromatic rings. The molecule has 0 bridgehead atoms. The van der Waals surface area contributed by atoms with Gasteiger partial charge in [0.25, 0.3) is 5.56 Å². The summed E-state index contributed by atoms with van der Waals surface area (Å²) in [6.07, 6.45) is 1.67. The molecule has 0 aliphatic rings. The molecular weight excluding hydrogens is 426 g/mol. The van der Waals surface area contributed by atoms with Crippen LogP contribution in [0.3, 0.4) is 0 Å². The molecule has 2 aromatic heterocycles. The highest BCUT2D eigenvalue weighted by Gasteiger charge is 2.18. The van der Waals surface area contributed by atoms with E-state index in [1.807, 2.05) is 40.8 Å². The first-order chi connectivity index (χ1) is 15.5. The molecule has 166 valence electrons. The number of nitrogens with zero attached hydrogens (tertiary/aromatic N) is 4. The summed E-state index contributed by atoms with van der Waals surface area (Å²) in [6.45, 7) is 5.20. The van der Waals surface area contributed by atoms with Crippen molar-refractivity contribution in [3.05, 3.63) is 75.3 Å². The van der Waals surface area contributed by atoms with E-state index in [9.17, 15) is 9.59 Å². The second-order valence-electron chi connectivity index (χ2n) is 8.28. The topological polar surface area (TPSA) is 81.3 Å². The molecule has 0 spiro atoms. The largest absolute Gasteiger partial charge is 0.356 e. The third-order valence-corrected chi connectivity index (χ3v) is 5.85. The van der Waals surface area contributed by atoms with Crippen LogP contribution in [0.5, 0.6) is 0 Å². The molecule has 2 heterocycles. The van der Waals surface area contributed by atoms with Gasteiger partial charge in [-0.2, -0.15) is 0 Å². The van der Waals surface area contributed by atoms with Crippen molar-refractivity contribution in [3.8, 4) is 0 Å². The number of aryl methyl sites for hydroxylation is 1. The molecule has 4 rings (SSSR count). The Labute approximate surface area is 191 Å². The first-order valence-corrected chi connectivity index (χ1v) is 11.2. The smallest absolute Gasteiger partial charge is 0.263 e. The Bertz CT molecular complexity index is 1330. The Balaban J connectivity index is 1.71. The second kappa shape index (κ2) is 9.53. The monoisotopic (exact) mass is 451 g/mol. The predicted octanol–water partition coefficient (Wildman–Crippen LogP) is 3.84. The summed E-state index contributed by atoms with van der Waals surface area (Å²) in [4.78, 5) is 25.6. The van der Waals surface area contributed by atoms with Crippen molar-refractivity contribution in [1.29, 1.82) is 0 Å². The molecule has 0 saturated heterocycles. The predicted molar refractivity (Wildman–Crippen MR) is 126 cm³/mol. The summed E-state index contributed by atoms with van der Waals surface area (Å²) in [5.74, 6) is 1.60. The Morgan fingerprint density at radius 1 is 1.09 bits per heavy atom. The minimum atomic E-state index is -0.154. The van der Waals surface area contributed by atoms with Crippen LogP contribution in [0.2, 0.25) is 5.02 Å². The Morgan fingerprint density at radius 3 is 2.62 bits per heavy atom. The lowest BCUT2D eigenvalue weighted by Gasteiger charge is -2.12. The van der Waals surface area contributed by atoms with Crippen LogP contribution in [0.4, 0.5) is 0 Å². The van der Waals surface area contributed by atoms with Gasteiger partial charge in [-0.3, -0.25) is 18.6 Å². The second-order valence-corrected chi connectivity index (χ2v) is 8.69. The van der Waals surface area contributed by atoms with Crippen LogP contribution in [0.25, 0.3) is 16.7 Å². The zero-order valence-corrected chi connectivity index (χ0v) is 19.0. The van der Waals surface area contributed by atoms with E-state index in [4.69, 9.17) is 11.6 Å². The van der Waals surface area contributed by atoms with Crippen molar-refractivity contribution in [2.45, 2.75) is 39.7 Å². The first kappa shape index (κ1) is 22.0. The highest BCUT2D eigenvalue weighted by atomic mass is 35.5. The number of aromatic nitrogens is 4. The molecule has 1 amide bonds. The van der Waals surface area contributed by atoms with Gasteiger partial charge < -0.3 is 5.32 Å². The van der Waals surface area contributed by atoms with Crippen molar-refractivity contribution in [2.75, 3.05) is 6.54 Å². The van der Waals surface area contributed by atoms with Gasteiger partial charge in [0.2, 0.25) is 11.7 Å². The Kier molecular flexibility index (Phi) is 6.55. The number of halogens is 1. The molecule has 0 unspecified atom stereocenters. The van der Waals surface area contributed by atoms with Gasteiger partial charge in [0.1, 0.15) is 5.82 Å². The molecule has 0 saturated carbocycles. The quantitative estimate of drug-likeness (QED) is 0.441. The average Bonchev–Trinajstić information content (AvgIpc) is 3.20. The maximum atomic E-state index is 13.3. The number of amides is 1. The summed E-state index contributed by atoms with van der Waals surface area (Å²) in [7, 11) is 0.